The van der Waals surface area contributed by atoms with E-state index in [2.05, 4.69) is 11.0 Å². The van der Waals surface area contributed by atoms with Crippen molar-refractivity contribution in [2.75, 3.05) is 13.1 Å². The van der Waals surface area contributed by atoms with Crippen molar-refractivity contribution in [1.29, 1.82) is 0 Å². The molecular formula is C28H37N3O4. The first kappa shape index (κ1) is 25.4. The standard InChI is InChI=1S/C28H37N3O4/c1-19(32)26(33)28(35)30(18-20-7-3-2-4-8-20)13-6-14-31-24-11-12-25(31)17-23(16-24)21-9-5-10-22(15-21)27(29)34/h2-5,7-10,15,19,23-26,32-33H,6,11-14,16-18H2,1H3,(H2,29,34)/t19?,23?,24-,25+,26?. The maximum absolute atomic E-state index is 12.9. The molecule has 35 heavy (non-hydrogen) atoms. The number of carbonyl (C=O) groups excluding carboxylic acids is 2. The lowest BCUT2D eigenvalue weighted by Crippen LogP contribution is -2.46. The fourth-order valence-corrected chi connectivity index (χ4v) is 5.77. The van der Waals surface area contributed by atoms with Crippen molar-refractivity contribution < 1.29 is 19.8 Å². The largest absolute Gasteiger partial charge is 0.390 e. The van der Waals surface area contributed by atoms with E-state index in [1.807, 2.05) is 42.5 Å². The van der Waals surface area contributed by atoms with Gasteiger partial charge in [0.05, 0.1) is 6.10 Å². The smallest absolute Gasteiger partial charge is 0.254 e. The van der Waals surface area contributed by atoms with Gasteiger partial charge < -0.3 is 20.8 Å². The number of primary amides is 1. The zero-order valence-corrected chi connectivity index (χ0v) is 20.4. The van der Waals surface area contributed by atoms with Crippen molar-refractivity contribution in [3.05, 3.63) is 71.3 Å². The number of piperidine rings is 1. The van der Waals surface area contributed by atoms with Gasteiger partial charge in [0.1, 0.15) is 0 Å². The Morgan fingerprint density at radius 3 is 2.37 bits per heavy atom. The minimum atomic E-state index is -1.41. The van der Waals surface area contributed by atoms with Gasteiger partial charge in [0.15, 0.2) is 6.10 Å². The number of fused-ring (bicyclic) bond motifs is 2. The van der Waals surface area contributed by atoms with Gasteiger partial charge in [0.2, 0.25) is 5.91 Å². The van der Waals surface area contributed by atoms with E-state index in [4.69, 9.17) is 5.73 Å². The van der Waals surface area contributed by atoms with Crippen molar-refractivity contribution >= 4 is 11.8 Å². The first-order valence-corrected chi connectivity index (χ1v) is 12.7. The Labute approximate surface area is 207 Å². The summed E-state index contributed by atoms with van der Waals surface area (Å²) in [5, 5.41) is 19.9. The summed E-state index contributed by atoms with van der Waals surface area (Å²) >= 11 is 0. The Kier molecular flexibility index (Phi) is 8.21. The third-order valence-electron chi connectivity index (χ3n) is 7.61. The van der Waals surface area contributed by atoms with Crippen LogP contribution in [0.1, 0.15) is 66.4 Å². The molecular weight excluding hydrogens is 442 g/mol. The lowest BCUT2D eigenvalue weighted by molar-refractivity contribution is -0.146. The minimum absolute atomic E-state index is 0.387. The highest BCUT2D eigenvalue weighted by Crippen LogP contribution is 2.43. The topological polar surface area (TPSA) is 107 Å². The molecule has 0 spiro atoms. The highest BCUT2D eigenvalue weighted by molar-refractivity contribution is 5.92. The molecule has 7 nitrogen and oxygen atoms in total. The van der Waals surface area contributed by atoms with Crippen LogP contribution in [0.2, 0.25) is 0 Å². The van der Waals surface area contributed by atoms with Gasteiger partial charge in [-0.25, -0.2) is 0 Å². The summed E-state index contributed by atoms with van der Waals surface area (Å²) in [6, 6.07) is 18.5. The van der Waals surface area contributed by atoms with Crippen molar-refractivity contribution in [3.63, 3.8) is 0 Å². The maximum atomic E-state index is 12.9. The SMILES string of the molecule is CC(O)C(O)C(=O)N(CCCN1[C@@H]2CC[C@H]1CC(c1cccc(C(N)=O)c1)C2)Cc1ccccc1. The molecule has 2 bridgehead atoms. The Balaban J connectivity index is 1.36. The second kappa shape index (κ2) is 11.3. The van der Waals surface area contributed by atoms with E-state index in [0.717, 1.165) is 31.4 Å². The van der Waals surface area contributed by atoms with E-state index in [0.29, 0.717) is 36.7 Å². The predicted molar refractivity (Wildman–Crippen MR) is 135 cm³/mol. The summed E-state index contributed by atoms with van der Waals surface area (Å²) in [6.45, 7) is 3.27. The van der Waals surface area contributed by atoms with E-state index in [1.54, 1.807) is 11.0 Å². The maximum Gasteiger partial charge on any atom is 0.254 e. The molecule has 188 valence electrons. The molecule has 2 aromatic rings. The third-order valence-corrected chi connectivity index (χ3v) is 7.61. The highest BCUT2D eigenvalue weighted by atomic mass is 16.3. The molecule has 2 fully saturated rings. The number of benzene rings is 2. The Hall–Kier alpha value is -2.74. The molecule has 2 aromatic carbocycles. The van der Waals surface area contributed by atoms with Crippen molar-refractivity contribution in [3.8, 4) is 0 Å². The number of aliphatic hydroxyl groups excluding tert-OH is 2. The van der Waals surface area contributed by atoms with E-state index >= 15 is 0 Å². The molecule has 0 saturated carbocycles. The van der Waals surface area contributed by atoms with Crippen molar-refractivity contribution in [2.45, 2.75) is 75.8 Å². The molecule has 2 aliphatic heterocycles. The van der Waals surface area contributed by atoms with Crippen LogP contribution in [0.3, 0.4) is 0 Å². The van der Waals surface area contributed by atoms with Crippen molar-refractivity contribution in [1.82, 2.24) is 9.80 Å². The van der Waals surface area contributed by atoms with Gasteiger partial charge in [0, 0.05) is 37.3 Å². The Morgan fingerprint density at radius 1 is 1.06 bits per heavy atom. The van der Waals surface area contributed by atoms with Crippen LogP contribution >= 0.6 is 0 Å². The molecule has 4 N–H and O–H groups in total. The van der Waals surface area contributed by atoms with Crippen LogP contribution in [0.4, 0.5) is 0 Å². The van der Waals surface area contributed by atoms with E-state index < -0.39 is 18.1 Å². The summed E-state index contributed by atoms with van der Waals surface area (Å²) in [5.74, 6) is -0.386. The number of nitrogens with two attached hydrogens (primary N) is 1. The second-order valence-corrected chi connectivity index (χ2v) is 10.1. The van der Waals surface area contributed by atoms with Gasteiger partial charge in [-0.05, 0) is 68.2 Å². The molecule has 3 unspecified atom stereocenters. The number of nitrogens with zero attached hydrogens (tertiary/aromatic N) is 2. The number of hydrogen-bond donors (Lipinski definition) is 3. The molecule has 5 atom stereocenters. The van der Waals surface area contributed by atoms with Crippen LogP contribution in [0.25, 0.3) is 0 Å². The van der Waals surface area contributed by atoms with E-state index in [9.17, 15) is 19.8 Å². The fourth-order valence-electron chi connectivity index (χ4n) is 5.77. The lowest BCUT2D eigenvalue weighted by Gasteiger charge is -2.39. The number of rotatable bonds is 10. The van der Waals surface area contributed by atoms with Crippen LogP contribution in [0.15, 0.2) is 54.6 Å². The minimum Gasteiger partial charge on any atom is -0.390 e. The molecule has 2 amide bonds. The van der Waals surface area contributed by atoms with Crippen LogP contribution in [0, 0.1) is 0 Å². The first-order chi connectivity index (χ1) is 16.8. The van der Waals surface area contributed by atoms with Gasteiger partial charge in [-0.3, -0.25) is 14.5 Å². The first-order valence-electron chi connectivity index (χ1n) is 12.7. The van der Waals surface area contributed by atoms with Gasteiger partial charge >= 0.3 is 0 Å². The average Bonchev–Trinajstić information content (AvgIpc) is 3.09. The number of amides is 2. The lowest BCUT2D eigenvalue weighted by atomic mass is 9.84. The average molecular weight is 480 g/mol. The highest BCUT2D eigenvalue weighted by Gasteiger charge is 2.40. The summed E-state index contributed by atoms with van der Waals surface area (Å²) in [7, 11) is 0. The Bertz CT molecular complexity index is 998. The summed E-state index contributed by atoms with van der Waals surface area (Å²) in [4.78, 5) is 28.7. The summed E-state index contributed by atoms with van der Waals surface area (Å²) < 4.78 is 0. The molecule has 2 aliphatic rings. The molecule has 0 aromatic heterocycles. The molecule has 0 aliphatic carbocycles. The van der Waals surface area contributed by atoms with E-state index in [-0.39, 0.29) is 5.91 Å². The summed E-state index contributed by atoms with van der Waals surface area (Å²) in [6.07, 6.45) is 2.75. The predicted octanol–water partition coefficient (Wildman–Crippen LogP) is 2.66. The van der Waals surface area contributed by atoms with Gasteiger partial charge in [-0.2, -0.15) is 0 Å². The fraction of sp³-hybridized carbons (Fsp3) is 0.500. The molecule has 4 rings (SSSR count). The number of aliphatic hydroxyl groups is 2. The quantitative estimate of drug-likeness (QED) is 0.486. The van der Waals surface area contributed by atoms with Crippen LogP contribution in [-0.2, 0) is 11.3 Å². The zero-order chi connectivity index (χ0) is 24.9. The zero-order valence-electron chi connectivity index (χ0n) is 20.4. The van der Waals surface area contributed by atoms with Crippen LogP contribution < -0.4 is 5.73 Å². The molecule has 2 heterocycles. The van der Waals surface area contributed by atoms with Gasteiger partial charge in [0.25, 0.3) is 5.91 Å². The normalized spacial score (nSPS) is 23.6. The number of hydrogen-bond acceptors (Lipinski definition) is 5. The molecule has 2 saturated heterocycles. The molecule has 7 heteroatoms. The van der Waals surface area contributed by atoms with Crippen LogP contribution in [0.5, 0.6) is 0 Å². The third kappa shape index (κ3) is 6.10. The van der Waals surface area contributed by atoms with Gasteiger partial charge in [-0.15, -0.1) is 0 Å². The van der Waals surface area contributed by atoms with Crippen molar-refractivity contribution in [2.24, 2.45) is 5.73 Å². The summed E-state index contributed by atoms with van der Waals surface area (Å²) in [5.41, 5.74) is 8.25. The van der Waals surface area contributed by atoms with Gasteiger partial charge in [-0.1, -0.05) is 42.5 Å². The number of carbonyl (C=O) groups is 2. The monoisotopic (exact) mass is 479 g/mol. The Morgan fingerprint density at radius 2 is 1.74 bits per heavy atom. The molecule has 0 radical (unpaired) electrons. The second-order valence-electron chi connectivity index (χ2n) is 10.1. The van der Waals surface area contributed by atoms with Crippen LogP contribution in [-0.4, -0.2) is 69.2 Å². The van der Waals surface area contributed by atoms with E-state index in [1.165, 1.54) is 25.3 Å².